The first-order valence-electron chi connectivity index (χ1n) is 8.09. The van der Waals surface area contributed by atoms with Crippen LogP contribution < -0.4 is 0 Å². The molecule has 7 nitrogen and oxygen atoms in total. The number of fused-ring (bicyclic) bond motifs is 1. The van der Waals surface area contributed by atoms with Gasteiger partial charge in [0.15, 0.2) is 0 Å². The van der Waals surface area contributed by atoms with E-state index in [4.69, 9.17) is 0 Å². The van der Waals surface area contributed by atoms with E-state index in [1.54, 1.807) is 51.5 Å². The number of hydrogen-bond acceptors (Lipinski definition) is 4. The van der Waals surface area contributed by atoms with E-state index >= 15 is 0 Å². The van der Waals surface area contributed by atoms with E-state index in [0.717, 1.165) is 5.56 Å². The number of sulfonamides is 1. The summed E-state index contributed by atoms with van der Waals surface area (Å²) in [5, 5.41) is 0. The number of aromatic nitrogens is 2. The van der Waals surface area contributed by atoms with Crippen LogP contribution >= 0.6 is 0 Å². The summed E-state index contributed by atoms with van der Waals surface area (Å²) in [6.07, 6.45) is 1.70. The lowest BCUT2D eigenvalue weighted by Crippen LogP contribution is -2.41. The molecule has 0 N–H and O–H groups in total. The predicted octanol–water partition coefficient (Wildman–Crippen LogP) is 1.66. The van der Waals surface area contributed by atoms with Crippen LogP contribution in [-0.2, 0) is 16.6 Å². The van der Waals surface area contributed by atoms with Crippen LogP contribution in [0.25, 0.3) is 0 Å². The minimum atomic E-state index is -3.61. The maximum absolute atomic E-state index is 13.0. The average molecular weight is 362 g/mol. The number of carbonyl (C=O) groups is 1. The van der Waals surface area contributed by atoms with Crippen LogP contribution in [0.4, 0.5) is 0 Å². The third-order valence-corrected chi connectivity index (χ3v) is 6.41. The molecule has 134 valence electrons. The fourth-order valence-electron chi connectivity index (χ4n) is 2.98. The molecule has 0 fully saturated rings. The zero-order chi connectivity index (χ0) is 18.4. The van der Waals surface area contributed by atoms with Crippen molar-refractivity contribution in [2.24, 2.45) is 0 Å². The highest BCUT2D eigenvalue weighted by Crippen LogP contribution is 2.30. The van der Waals surface area contributed by atoms with Crippen LogP contribution in [0.1, 0.15) is 34.8 Å². The molecule has 8 heteroatoms. The summed E-state index contributed by atoms with van der Waals surface area (Å²) in [6.45, 7) is 4.53. The second-order valence-electron chi connectivity index (χ2n) is 6.48. The van der Waals surface area contributed by atoms with Crippen molar-refractivity contribution in [2.75, 3.05) is 20.6 Å². The second kappa shape index (κ2) is 6.27. The molecular formula is C17H22N4O3S. The number of hydrogen-bond donors (Lipinski definition) is 0. The van der Waals surface area contributed by atoms with Gasteiger partial charge < -0.3 is 9.47 Å². The molecule has 1 unspecified atom stereocenters. The van der Waals surface area contributed by atoms with Gasteiger partial charge in [-0.2, -0.15) is 4.31 Å². The fourth-order valence-corrected chi connectivity index (χ4v) is 4.56. The number of benzene rings is 1. The Hall–Kier alpha value is -2.19. The van der Waals surface area contributed by atoms with Crippen molar-refractivity contribution in [2.45, 2.75) is 31.3 Å². The molecule has 0 spiro atoms. The van der Waals surface area contributed by atoms with Gasteiger partial charge in [-0.1, -0.05) is 17.7 Å². The largest absolute Gasteiger partial charge is 0.343 e. The third kappa shape index (κ3) is 3.07. The summed E-state index contributed by atoms with van der Waals surface area (Å²) in [6, 6.07) is 6.38. The van der Waals surface area contributed by atoms with E-state index in [-0.39, 0.29) is 10.8 Å². The Morgan fingerprint density at radius 1 is 1.20 bits per heavy atom. The van der Waals surface area contributed by atoms with Crippen molar-refractivity contribution < 1.29 is 13.2 Å². The first kappa shape index (κ1) is 17.6. The van der Waals surface area contributed by atoms with Gasteiger partial charge >= 0.3 is 0 Å². The van der Waals surface area contributed by atoms with E-state index in [0.29, 0.717) is 24.6 Å². The number of nitrogens with zero attached hydrogens (tertiary/aromatic N) is 4. The van der Waals surface area contributed by atoms with Gasteiger partial charge in [0.1, 0.15) is 11.5 Å². The van der Waals surface area contributed by atoms with E-state index in [9.17, 15) is 13.2 Å². The molecule has 1 aromatic heterocycles. The number of imidazole rings is 1. The lowest BCUT2D eigenvalue weighted by Gasteiger charge is -2.32. The molecule has 2 aromatic rings. The molecule has 2 heterocycles. The molecule has 0 radical (unpaired) electrons. The molecule has 0 saturated heterocycles. The zero-order valence-corrected chi connectivity index (χ0v) is 15.6. The summed E-state index contributed by atoms with van der Waals surface area (Å²) >= 11 is 0. The standard InChI is InChI=1S/C17H22N4O3S/c1-12-5-7-14(8-6-12)25(23,24)21-10-9-20-11-15(17(22)19(3)4)18-16(20)13(21)2/h5-8,11,13H,9-10H2,1-4H3. The third-order valence-electron chi connectivity index (χ3n) is 4.43. The highest BCUT2D eigenvalue weighted by molar-refractivity contribution is 7.89. The van der Waals surface area contributed by atoms with Crippen LogP contribution in [0.3, 0.4) is 0 Å². The molecule has 25 heavy (non-hydrogen) atoms. The Bertz CT molecular complexity index is 900. The molecule has 0 bridgehead atoms. The Kier molecular flexibility index (Phi) is 4.42. The highest BCUT2D eigenvalue weighted by Gasteiger charge is 2.36. The van der Waals surface area contributed by atoms with Crippen molar-refractivity contribution in [1.82, 2.24) is 18.8 Å². The summed E-state index contributed by atoms with van der Waals surface area (Å²) in [7, 11) is -0.283. The molecule has 0 saturated carbocycles. The van der Waals surface area contributed by atoms with Gasteiger partial charge in [-0.3, -0.25) is 4.79 Å². The summed E-state index contributed by atoms with van der Waals surface area (Å²) in [4.78, 5) is 18.2. The minimum Gasteiger partial charge on any atom is -0.343 e. The molecule has 1 amide bonds. The van der Waals surface area contributed by atoms with E-state index in [1.165, 1.54) is 9.21 Å². The van der Waals surface area contributed by atoms with Crippen molar-refractivity contribution in [3.63, 3.8) is 0 Å². The maximum Gasteiger partial charge on any atom is 0.273 e. The van der Waals surface area contributed by atoms with Crippen LogP contribution in [0.5, 0.6) is 0 Å². The van der Waals surface area contributed by atoms with Gasteiger partial charge in [0.25, 0.3) is 5.91 Å². The number of aryl methyl sites for hydroxylation is 1. The summed E-state index contributed by atoms with van der Waals surface area (Å²) < 4.78 is 29.3. The van der Waals surface area contributed by atoms with E-state index < -0.39 is 16.1 Å². The van der Waals surface area contributed by atoms with Crippen LogP contribution in [0.15, 0.2) is 35.4 Å². The number of carbonyl (C=O) groups excluding carboxylic acids is 1. The Morgan fingerprint density at radius 2 is 1.84 bits per heavy atom. The SMILES string of the molecule is Cc1ccc(S(=O)(=O)N2CCn3cc(C(=O)N(C)C)nc3C2C)cc1. The van der Waals surface area contributed by atoms with Gasteiger partial charge in [0.05, 0.1) is 10.9 Å². The van der Waals surface area contributed by atoms with Crippen molar-refractivity contribution in [3.8, 4) is 0 Å². The van der Waals surface area contributed by atoms with Crippen LogP contribution in [0, 0.1) is 6.92 Å². The highest BCUT2D eigenvalue weighted by atomic mass is 32.2. The lowest BCUT2D eigenvalue weighted by molar-refractivity contribution is 0.0822. The Morgan fingerprint density at radius 3 is 2.44 bits per heavy atom. The molecule has 1 aliphatic heterocycles. The molecule has 3 rings (SSSR count). The molecule has 1 aliphatic rings. The smallest absolute Gasteiger partial charge is 0.273 e. The molecule has 0 aliphatic carbocycles. The van der Waals surface area contributed by atoms with E-state index in [1.807, 2.05) is 11.5 Å². The van der Waals surface area contributed by atoms with Crippen molar-refractivity contribution in [3.05, 3.63) is 47.5 Å². The Labute approximate surface area is 147 Å². The quantitative estimate of drug-likeness (QED) is 0.832. The molecule has 1 atom stereocenters. The number of rotatable bonds is 3. The normalized spacial score (nSPS) is 18.0. The van der Waals surface area contributed by atoms with Gasteiger partial charge in [0.2, 0.25) is 10.0 Å². The zero-order valence-electron chi connectivity index (χ0n) is 14.8. The summed E-state index contributed by atoms with van der Waals surface area (Å²) in [5.74, 6) is 0.397. The molecule has 1 aromatic carbocycles. The van der Waals surface area contributed by atoms with Gasteiger partial charge in [-0.05, 0) is 26.0 Å². The van der Waals surface area contributed by atoms with Gasteiger partial charge in [-0.25, -0.2) is 13.4 Å². The fraction of sp³-hybridized carbons (Fsp3) is 0.412. The summed E-state index contributed by atoms with van der Waals surface area (Å²) in [5.41, 5.74) is 1.34. The lowest BCUT2D eigenvalue weighted by atomic mass is 10.2. The van der Waals surface area contributed by atoms with Crippen molar-refractivity contribution >= 4 is 15.9 Å². The van der Waals surface area contributed by atoms with E-state index in [2.05, 4.69) is 4.98 Å². The number of amides is 1. The monoisotopic (exact) mass is 362 g/mol. The maximum atomic E-state index is 13.0. The first-order chi connectivity index (χ1) is 11.7. The van der Waals surface area contributed by atoms with Crippen LogP contribution in [-0.4, -0.2) is 53.7 Å². The predicted molar refractivity (Wildman–Crippen MR) is 93.7 cm³/mol. The molecular weight excluding hydrogens is 340 g/mol. The first-order valence-corrected chi connectivity index (χ1v) is 9.53. The Balaban J connectivity index is 1.94. The average Bonchev–Trinajstić information content (AvgIpc) is 2.99. The van der Waals surface area contributed by atoms with Crippen LogP contribution in [0.2, 0.25) is 0 Å². The second-order valence-corrected chi connectivity index (χ2v) is 8.37. The van der Waals surface area contributed by atoms with Gasteiger partial charge in [0, 0.05) is 33.4 Å². The van der Waals surface area contributed by atoms with Gasteiger partial charge in [-0.15, -0.1) is 0 Å². The van der Waals surface area contributed by atoms with Crippen molar-refractivity contribution in [1.29, 1.82) is 0 Å². The minimum absolute atomic E-state index is 0.193. The topological polar surface area (TPSA) is 75.5 Å².